The standard InChI is InChI=1S/C21H21ClN4O6/c1-5-32-20(29)13-8-11(2)23-18-17(13)19(28)26(21(30)25(18)3)10-16(27)24-12-6-7-15(31-4)14(22)9-12/h6-9H,5,10H2,1-4H3,(H,24,27). The Kier molecular flexibility index (Phi) is 6.64. The Morgan fingerprint density at radius 3 is 2.56 bits per heavy atom. The second-order valence-electron chi connectivity index (χ2n) is 6.86. The average molecular weight is 461 g/mol. The maximum Gasteiger partial charge on any atom is 0.339 e. The van der Waals surface area contributed by atoms with Crippen molar-refractivity contribution in [1.82, 2.24) is 14.1 Å². The molecule has 1 aromatic carbocycles. The Hall–Kier alpha value is -3.66. The van der Waals surface area contributed by atoms with Crippen LogP contribution in [0.5, 0.6) is 5.75 Å². The van der Waals surface area contributed by atoms with Crippen LogP contribution in [0.2, 0.25) is 5.02 Å². The number of anilines is 1. The second-order valence-corrected chi connectivity index (χ2v) is 7.27. The summed E-state index contributed by atoms with van der Waals surface area (Å²) in [6, 6.07) is 6.02. The number of rotatable bonds is 6. The van der Waals surface area contributed by atoms with Crippen molar-refractivity contribution in [2.45, 2.75) is 20.4 Å². The number of benzene rings is 1. The zero-order valence-corrected chi connectivity index (χ0v) is 18.6. The molecule has 168 valence electrons. The normalized spacial score (nSPS) is 10.8. The van der Waals surface area contributed by atoms with Crippen LogP contribution in [0.15, 0.2) is 33.9 Å². The van der Waals surface area contributed by atoms with Crippen LogP contribution in [0, 0.1) is 6.92 Å². The van der Waals surface area contributed by atoms with Crippen molar-refractivity contribution in [2.75, 3.05) is 19.0 Å². The first-order valence-electron chi connectivity index (χ1n) is 9.59. The van der Waals surface area contributed by atoms with Crippen LogP contribution in [-0.2, 0) is 23.1 Å². The zero-order valence-electron chi connectivity index (χ0n) is 17.9. The number of aromatic nitrogens is 3. The van der Waals surface area contributed by atoms with E-state index in [1.54, 1.807) is 26.0 Å². The number of aryl methyl sites for hydroxylation is 2. The smallest absolute Gasteiger partial charge is 0.339 e. The number of carbonyl (C=O) groups is 2. The molecule has 2 heterocycles. The van der Waals surface area contributed by atoms with E-state index in [9.17, 15) is 19.2 Å². The van der Waals surface area contributed by atoms with Crippen molar-refractivity contribution in [3.8, 4) is 5.75 Å². The number of nitrogens with one attached hydrogen (secondary N) is 1. The van der Waals surface area contributed by atoms with Crippen molar-refractivity contribution in [3.05, 3.63) is 61.4 Å². The van der Waals surface area contributed by atoms with E-state index in [0.29, 0.717) is 17.1 Å². The first kappa shape index (κ1) is 23.0. The molecule has 0 spiro atoms. The summed E-state index contributed by atoms with van der Waals surface area (Å²) in [5.74, 6) is -0.927. The molecule has 0 aliphatic rings. The molecule has 0 saturated heterocycles. The Morgan fingerprint density at radius 2 is 1.94 bits per heavy atom. The van der Waals surface area contributed by atoms with E-state index in [0.717, 1.165) is 9.13 Å². The molecule has 2 aromatic heterocycles. The van der Waals surface area contributed by atoms with Gasteiger partial charge in [-0.3, -0.25) is 18.7 Å². The van der Waals surface area contributed by atoms with E-state index in [1.165, 1.54) is 26.3 Å². The van der Waals surface area contributed by atoms with Gasteiger partial charge in [-0.1, -0.05) is 11.6 Å². The Labute approximate surface area is 187 Å². The molecule has 0 aliphatic carbocycles. The molecular weight excluding hydrogens is 440 g/mol. The molecule has 0 saturated carbocycles. The fraction of sp³-hybridized carbons (Fsp3) is 0.286. The van der Waals surface area contributed by atoms with Gasteiger partial charge in [-0.15, -0.1) is 0 Å². The summed E-state index contributed by atoms with van der Waals surface area (Å²) in [5, 5.41) is 2.76. The minimum absolute atomic E-state index is 0.0222. The number of nitrogens with zero attached hydrogens (tertiary/aromatic N) is 3. The van der Waals surface area contributed by atoms with E-state index in [4.69, 9.17) is 21.1 Å². The molecule has 1 N–H and O–H groups in total. The lowest BCUT2D eigenvalue weighted by Crippen LogP contribution is -2.42. The molecule has 0 unspecified atom stereocenters. The van der Waals surface area contributed by atoms with Crippen LogP contribution >= 0.6 is 11.6 Å². The molecule has 0 radical (unpaired) electrons. The number of ether oxygens (including phenoxy) is 2. The van der Waals surface area contributed by atoms with Crippen molar-refractivity contribution in [1.29, 1.82) is 0 Å². The number of hydrogen-bond acceptors (Lipinski definition) is 7. The Bertz CT molecular complexity index is 1340. The number of esters is 1. The second kappa shape index (κ2) is 9.23. The minimum Gasteiger partial charge on any atom is -0.495 e. The van der Waals surface area contributed by atoms with Gasteiger partial charge in [0.15, 0.2) is 0 Å². The summed E-state index contributed by atoms with van der Waals surface area (Å²) in [5.41, 5.74) is -0.773. The van der Waals surface area contributed by atoms with Crippen molar-refractivity contribution >= 4 is 40.2 Å². The molecule has 3 aromatic rings. The molecule has 3 rings (SSSR count). The largest absolute Gasteiger partial charge is 0.495 e. The summed E-state index contributed by atoms with van der Waals surface area (Å²) < 4.78 is 12.0. The predicted octanol–water partition coefficient (Wildman–Crippen LogP) is 1.88. The van der Waals surface area contributed by atoms with Crippen LogP contribution in [0.25, 0.3) is 11.0 Å². The maximum absolute atomic E-state index is 13.2. The van der Waals surface area contributed by atoms with Crippen LogP contribution in [0.3, 0.4) is 0 Å². The first-order valence-corrected chi connectivity index (χ1v) is 9.97. The highest BCUT2D eigenvalue weighted by atomic mass is 35.5. The van der Waals surface area contributed by atoms with Gasteiger partial charge in [-0.25, -0.2) is 14.6 Å². The highest BCUT2D eigenvalue weighted by Gasteiger charge is 2.22. The Morgan fingerprint density at radius 1 is 1.22 bits per heavy atom. The molecule has 0 bridgehead atoms. The fourth-order valence-corrected chi connectivity index (χ4v) is 3.46. The van der Waals surface area contributed by atoms with Gasteiger partial charge in [0.05, 0.1) is 29.7 Å². The maximum atomic E-state index is 13.2. The highest BCUT2D eigenvalue weighted by Crippen LogP contribution is 2.27. The molecule has 0 aliphatic heterocycles. The molecule has 0 atom stereocenters. The summed E-state index contributed by atoms with van der Waals surface area (Å²) in [6.45, 7) is 2.79. The third-order valence-electron chi connectivity index (χ3n) is 4.66. The molecule has 10 nitrogen and oxygen atoms in total. The lowest BCUT2D eigenvalue weighted by atomic mass is 10.1. The van der Waals surface area contributed by atoms with E-state index in [-0.39, 0.29) is 28.2 Å². The zero-order chi connectivity index (χ0) is 23.6. The summed E-state index contributed by atoms with van der Waals surface area (Å²) in [4.78, 5) is 55.2. The van der Waals surface area contributed by atoms with Gasteiger partial charge in [-0.05, 0) is 38.1 Å². The number of carbonyl (C=O) groups excluding carboxylic acids is 2. The van der Waals surface area contributed by atoms with Gasteiger partial charge in [-0.2, -0.15) is 0 Å². The number of pyridine rings is 1. The monoisotopic (exact) mass is 460 g/mol. The van der Waals surface area contributed by atoms with E-state index >= 15 is 0 Å². The molecule has 32 heavy (non-hydrogen) atoms. The highest BCUT2D eigenvalue weighted by molar-refractivity contribution is 6.32. The van der Waals surface area contributed by atoms with Crippen molar-refractivity contribution < 1.29 is 19.1 Å². The third kappa shape index (κ3) is 4.35. The summed E-state index contributed by atoms with van der Waals surface area (Å²) >= 11 is 6.06. The van der Waals surface area contributed by atoms with Gasteiger partial charge < -0.3 is 14.8 Å². The molecule has 11 heteroatoms. The summed E-state index contributed by atoms with van der Waals surface area (Å²) in [7, 11) is 2.87. The topological polar surface area (TPSA) is 122 Å². The van der Waals surface area contributed by atoms with Crippen LogP contribution < -0.4 is 21.3 Å². The SMILES string of the molecule is CCOC(=O)c1cc(C)nc2c1c(=O)n(CC(=O)Nc1ccc(OC)c(Cl)c1)c(=O)n2C. The minimum atomic E-state index is -0.818. The first-order chi connectivity index (χ1) is 15.2. The van der Waals surface area contributed by atoms with Crippen molar-refractivity contribution in [3.63, 3.8) is 0 Å². The number of amides is 1. The number of methoxy groups -OCH3 is 1. The van der Waals surface area contributed by atoms with Crippen molar-refractivity contribution in [2.24, 2.45) is 7.05 Å². The number of fused-ring (bicyclic) bond motifs is 1. The van der Waals surface area contributed by atoms with Gasteiger partial charge in [0.2, 0.25) is 5.91 Å². The number of halogens is 1. The van der Waals surface area contributed by atoms with E-state index in [2.05, 4.69) is 10.3 Å². The Balaban J connectivity index is 2.06. The van der Waals surface area contributed by atoms with E-state index < -0.39 is 29.7 Å². The van der Waals surface area contributed by atoms with Crippen LogP contribution in [0.1, 0.15) is 23.0 Å². The fourth-order valence-electron chi connectivity index (χ4n) is 3.20. The summed E-state index contributed by atoms with van der Waals surface area (Å²) in [6.07, 6.45) is 0. The van der Waals surface area contributed by atoms with Gasteiger partial charge in [0.25, 0.3) is 5.56 Å². The van der Waals surface area contributed by atoms with Crippen LogP contribution in [0.4, 0.5) is 5.69 Å². The molecular formula is C21H21ClN4O6. The predicted molar refractivity (Wildman–Crippen MR) is 119 cm³/mol. The van der Waals surface area contributed by atoms with Gasteiger partial charge >= 0.3 is 11.7 Å². The van der Waals surface area contributed by atoms with Gasteiger partial charge in [0.1, 0.15) is 17.9 Å². The molecule has 1 amide bonds. The molecule has 0 fully saturated rings. The van der Waals surface area contributed by atoms with Gasteiger partial charge in [0, 0.05) is 18.4 Å². The van der Waals surface area contributed by atoms with Crippen LogP contribution in [-0.4, -0.2) is 39.7 Å². The van der Waals surface area contributed by atoms with E-state index in [1.807, 2.05) is 0 Å². The lowest BCUT2D eigenvalue weighted by Gasteiger charge is -2.13. The average Bonchev–Trinajstić information content (AvgIpc) is 2.75. The quantitative estimate of drug-likeness (QED) is 0.557. The third-order valence-corrected chi connectivity index (χ3v) is 4.95. The lowest BCUT2D eigenvalue weighted by molar-refractivity contribution is -0.116. The number of hydrogen-bond donors (Lipinski definition) is 1.